The molecular formula is C13H23N5O2. The molecule has 7 nitrogen and oxygen atoms in total. The van der Waals surface area contributed by atoms with Gasteiger partial charge in [0.1, 0.15) is 12.7 Å². The molecule has 0 spiro atoms. The molecule has 112 valence electrons. The predicted octanol–water partition coefficient (Wildman–Crippen LogP) is 0.781. The zero-order valence-corrected chi connectivity index (χ0v) is 12.1. The van der Waals surface area contributed by atoms with E-state index in [9.17, 15) is 4.79 Å². The van der Waals surface area contributed by atoms with Gasteiger partial charge in [-0.1, -0.05) is 13.8 Å². The summed E-state index contributed by atoms with van der Waals surface area (Å²) < 4.78 is 7.02. The molecule has 0 unspecified atom stereocenters. The Hall–Kier alpha value is -1.63. The third kappa shape index (κ3) is 4.48. The summed E-state index contributed by atoms with van der Waals surface area (Å²) in [5.74, 6) is 0.319. The van der Waals surface area contributed by atoms with Gasteiger partial charge in [-0.25, -0.2) is 9.78 Å². The second-order valence-electron chi connectivity index (χ2n) is 5.47. The molecule has 2 heterocycles. The van der Waals surface area contributed by atoms with E-state index in [1.807, 2.05) is 0 Å². The largest absolute Gasteiger partial charge is 0.381 e. The molecule has 1 aliphatic rings. The highest BCUT2D eigenvalue weighted by atomic mass is 16.5. The average Bonchev–Trinajstić information content (AvgIpc) is 2.92. The molecule has 1 saturated heterocycles. The topological polar surface area (TPSA) is 81.1 Å². The Bertz CT molecular complexity index is 401. The van der Waals surface area contributed by atoms with E-state index >= 15 is 0 Å². The van der Waals surface area contributed by atoms with Crippen molar-refractivity contribution in [2.75, 3.05) is 13.2 Å². The van der Waals surface area contributed by atoms with Crippen molar-refractivity contribution in [3.05, 3.63) is 12.7 Å². The molecule has 0 aliphatic carbocycles. The SMILES string of the molecule is CC(C)[C@H](Cn1cncn1)NC(=O)NC1CCOCC1. The zero-order chi connectivity index (χ0) is 14.4. The molecule has 2 N–H and O–H groups in total. The zero-order valence-electron chi connectivity index (χ0n) is 12.1. The number of rotatable bonds is 5. The molecule has 1 fully saturated rings. The molecule has 0 saturated carbocycles. The Balaban J connectivity index is 1.82. The summed E-state index contributed by atoms with van der Waals surface area (Å²) in [5, 5.41) is 10.1. The fraction of sp³-hybridized carbons (Fsp3) is 0.769. The van der Waals surface area contributed by atoms with Gasteiger partial charge in [-0.2, -0.15) is 5.10 Å². The van der Waals surface area contributed by atoms with Crippen LogP contribution in [0.3, 0.4) is 0 Å². The quantitative estimate of drug-likeness (QED) is 0.835. The molecular weight excluding hydrogens is 258 g/mol. The summed E-state index contributed by atoms with van der Waals surface area (Å²) in [4.78, 5) is 16.0. The monoisotopic (exact) mass is 281 g/mol. The molecule has 2 rings (SSSR count). The van der Waals surface area contributed by atoms with Gasteiger partial charge in [0, 0.05) is 19.3 Å². The van der Waals surface area contributed by atoms with Crippen molar-refractivity contribution in [2.45, 2.75) is 45.3 Å². The van der Waals surface area contributed by atoms with Crippen molar-refractivity contribution in [1.82, 2.24) is 25.4 Å². The number of hydrogen-bond acceptors (Lipinski definition) is 4. The fourth-order valence-electron chi connectivity index (χ4n) is 2.19. The van der Waals surface area contributed by atoms with Gasteiger partial charge in [0.2, 0.25) is 0 Å². The Kier molecular flexibility index (Phi) is 5.34. The van der Waals surface area contributed by atoms with Crippen LogP contribution in [0.2, 0.25) is 0 Å². The fourth-order valence-corrected chi connectivity index (χ4v) is 2.19. The number of carbonyl (C=O) groups is 1. The molecule has 0 radical (unpaired) electrons. The van der Waals surface area contributed by atoms with Crippen LogP contribution in [0.4, 0.5) is 4.79 Å². The molecule has 0 bridgehead atoms. The van der Waals surface area contributed by atoms with E-state index in [2.05, 4.69) is 34.6 Å². The van der Waals surface area contributed by atoms with E-state index in [1.165, 1.54) is 6.33 Å². The lowest BCUT2D eigenvalue weighted by atomic mass is 10.0. The van der Waals surface area contributed by atoms with E-state index in [4.69, 9.17) is 4.74 Å². The second-order valence-corrected chi connectivity index (χ2v) is 5.47. The molecule has 7 heteroatoms. The molecule has 20 heavy (non-hydrogen) atoms. The van der Waals surface area contributed by atoms with Gasteiger partial charge in [-0.15, -0.1) is 0 Å². The number of carbonyl (C=O) groups excluding carboxylic acids is 1. The Morgan fingerprint density at radius 3 is 2.80 bits per heavy atom. The van der Waals surface area contributed by atoms with Crippen LogP contribution < -0.4 is 10.6 Å². The van der Waals surface area contributed by atoms with Gasteiger partial charge >= 0.3 is 6.03 Å². The van der Waals surface area contributed by atoms with Crippen LogP contribution in [-0.4, -0.2) is 46.1 Å². The number of urea groups is 1. The molecule has 1 aliphatic heterocycles. The summed E-state index contributed by atoms with van der Waals surface area (Å²) in [6, 6.07) is 0.121. The Labute approximate surface area is 119 Å². The van der Waals surface area contributed by atoms with Crippen molar-refractivity contribution < 1.29 is 9.53 Å². The van der Waals surface area contributed by atoms with Gasteiger partial charge in [0.25, 0.3) is 0 Å². The number of ether oxygens (including phenoxy) is 1. The van der Waals surface area contributed by atoms with E-state index in [0.717, 1.165) is 26.1 Å². The first-order valence-corrected chi connectivity index (χ1v) is 7.12. The normalized spacial score (nSPS) is 17.9. The van der Waals surface area contributed by atoms with Gasteiger partial charge in [-0.3, -0.25) is 4.68 Å². The minimum Gasteiger partial charge on any atom is -0.381 e. The lowest BCUT2D eigenvalue weighted by Crippen LogP contribution is -2.50. The van der Waals surface area contributed by atoms with Crippen LogP contribution in [-0.2, 0) is 11.3 Å². The van der Waals surface area contributed by atoms with Crippen LogP contribution in [0.25, 0.3) is 0 Å². The van der Waals surface area contributed by atoms with Crippen LogP contribution in [0.5, 0.6) is 0 Å². The number of aromatic nitrogens is 3. The van der Waals surface area contributed by atoms with Crippen LogP contribution in [0, 0.1) is 5.92 Å². The van der Waals surface area contributed by atoms with Gasteiger partial charge in [0.15, 0.2) is 0 Å². The average molecular weight is 281 g/mol. The van der Waals surface area contributed by atoms with E-state index in [0.29, 0.717) is 12.5 Å². The summed E-state index contributed by atoms with van der Waals surface area (Å²) in [6.07, 6.45) is 4.92. The second kappa shape index (κ2) is 7.23. The smallest absolute Gasteiger partial charge is 0.315 e. The lowest BCUT2D eigenvalue weighted by Gasteiger charge is -2.26. The number of nitrogens with zero attached hydrogens (tertiary/aromatic N) is 3. The molecule has 1 atom stereocenters. The highest BCUT2D eigenvalue weighted by molar-refractivity contribution is 5.74. The van der Waals surface area contributed by atoms with Crippen LogP contribution >= 0.6 is 0 Å². The number of nitrogens with one attached hydrogen (secondary N) is 2. The van der Waals surface area contributed by atoms with E-state index in [-0.39, 0.29) is 18.1 Å². The maximum atomic E-state index is 12.0. The van der Waals surface area contributed by atoms with Crippen LogP contribution in [0.1, 0.15) is 26.7 Å². The van der Waals surface area contributed by atoms with Crippen molar-refractivity contribution >= 4 is 6.03 Å². The molecule has 1 aromatic rings. The maximum absolute atomic E-state index is 12.0. The first-order chi connectivity index (χ1) is 9.65. The van der Waals surface area contributed by atoms with E-state index in [1.54, 1.807) is 11.0 Å². The van der Waals surface area contributed by atoms with Gasteiger partial charge < -0.3 is 15.4 Å². The van der Waals surface area contributed by atoms with Crippen molar-refractivity contribution in [1.29, 1.82) is 0 Å². The number of amides is 2. The first-order valence-electron chi connectivity index (χ1n) is 7.12. The Morgan fingerprint density at radius 2 is 2.20 bits per heavy atom. The highest BCUT2D eigenvalue weighted by Crippen LogP contribution is 2.07. The van der Waals surface area contributed by atoms with Crippen molar-refractivity contribution in [2.24, 2.45) is 5.92 Å². The van der Waals surface area contributed by atoms with E-state index < -0.39 is 0 Å². The van der Waals surface area contributed by atoms with Crippen LogP contribution in [0.15, 0.2) is 12.7 Å². The minimum atomic E-state index is -0.115. The Morgan fingerprint density at radius 1 is 1.45 bits per heavy atom. The van der Waals surface area contributed by atoms with Gasteiger partial charge in [-0.05, 0) is 18.8 Å². The summed E-state index contributed by atoms with van der Waals surface area (Å²) >= 11 is 0. The molecule has 1 aromatic heterocycles. The van der Waals surface area contributed by atoms with Crippen molar-refractivity contribution in [3.63, 3.8) is 0 Å². The standard InChI is InChI=1S/C13H23N5O2/c1-10(2)12(7-18-9-14-8-15-18)17-13(19)16-11-3-5-20-6-4-11/h8-12H,3-7H2,1-2H3,(H2,16,17,19)/t12-/m0/s1. The first kappa shape index (κ1) is 14.8. The maximum Gasteiger partial charge on any atom is 0.315 e. The highest BCUT2D eigenvalue weighted by Gasteiger charge is 2.20. The molecule has 0 aromatic carbocycles. The summed E-state index contributed by atoms with van der Waals surface area (Å²) in [6.45, 7) is 6.22. The molecule has 2 amide bonds. The summed E-state index contributed by atoms with van der Waals surface area (Å²) in [7, 11) is 0. The third-order valence-corrected chi connectivity index (χ3v) is 3.53. The minimum absolute atomic E-state index is 0.0246. The predicted molar refractivity (Wildman–Crippen MR) is 74.2 cm³/mol. The summed E-state index contributed by atoms with van der Waals surface area (Å²) in [5.41, 5.74) is 0. The van der Waals surface area contributed by atoms with Gasteiger partial charge in [0.05, 0.1) is 12.6 Å². The lowest BCUT2D eigenvalue weighted by molar-refractivity contribution is 0.0798. The number of hydrogen-bond donors (Lipinski definition) is 2. The third-order valence-electron chi connectivity index (χ3n) is 3.53. The van der Waals surface area contributed by atoms with Crippen molar-refractivity contribution in [3.8, 4) is 0 Å².